The fourth-order valence-electron chi connectivity index (χ4n) is 6.24. The van der Waals surface area contributed by atoms with E-state index in [1.807, 2.05) is 54.6 Å². The summed E-state index contributed by atoms with van der Waals surface area (Å²) in [4.78, 5) is 26.4. The summed E-state index contributed by atoms with van der Waals surface area (Å²) in [6.07, 6.45) is 6.54. The lowest BCUT2D eigenvalue weighted by Crippen LogP contribution is -2.38. The van der Waals surface area contributed by atoms with Gasteiger partial charge in [-0.05, 0) is 97.3 Å². The number of carbonyl (C=O) groups is 2. The maximum atomic E-state index is 13.9. The van der Waals surface area contributed by atoms with Gasteiger partial charge < -0.3 is 15.1 Å². The summed E-state index contributed by atoms with van der Waals surface area (Å²) in [5.41, 5.74) is 5.67. The Hall–Kier alpha value is -4.73. The molecule has 6 rings (SSSR count). The van der Waals surface area contributed by atoms with Gasteiger partial charge in [-0.1, -0.05) is 73.9 Å². The summed E-state index contributed by atoms with van der Waals surface area (Å²) >= 11 is 0. The minimum absolute atomic E-state index is 0.157. The molecule has 1 heterocycles. The van der Waals surface area contributed by atoms with Gasteiger partial charge in [0.1, 0.15) is 11.3 Å². The van der Waals surface area contributed by atoms with Gasteiger partial charge in [-0.25, -0.2) is 0 Å². The van der Waals surface area contributed by atoms with Crippen LogP contribution >= 0.6 is 0 Å². The highest BCUT2D eigenvalue weighted by molar-refractivity contribution is 7.86. The first-order valence-electron chi connectivity index (χ1n) is 16.0. The summed E-state index contributed by atoms with van der Waals surface area (Å²) in [7, 11) is -4.41. The Labute approximate surface area is 275 Å². The largest absolute Gasteiger partial charge is 0.456 e. The number of nitrogens with one attached hydrogen (secondary N) is 2. The zero-order valence-electron chi connectivity index (χ0n) is 26.2. The number of furan rings is 1. The van der Waals surface area contributed by atoms with E-state index < -0.39 is 27.3 Å². The Morgan fingerprint density at radius 3 is 2.21 bits per heavy atom. The molecule has 3 N–H and O–H groups in total. The number of hydrogen-bond donors (Lipinski definition) is 3. The molecule has 242 valence electrons. The van der Waals surface area contributed by atoms with Crippen molar-refractivity contribution in [3.05, 3.63) is 125 Å². The molecule has 1 aromatic heterocycles. The Bertz CT molecular complexity index is 1930. The van der Waals surface area contributed by atoms with E-state index >= 15 is 0 Å². The van der Waals surface area contributed by atoms with Gasteiger partial charge in [0, 0.05) is 22.2 Å². The van der Waals surface area contributed by atoms with Gasteiger partial charge in [-0.15, -0.1) is 0 Å². The number of para-hydroxylation sites is 1. The smallest absolute Gasteiger partial charge is 0.285 e. The number of carbonyl (C=O) groups excluding carboxylic acids is 2. The fourth-order valence-corrected chi connectivity index (χ4v) is 6.50. The van der Waals surface area contributed by atoms with Crippen molar-refractivity contribution in [3.8, 4) is 11.3 Å². The van der Waals surface area contributed by atoms with Crippen molar-refractivity contribution in [3.63, 3.8) is 0 Å². The van der Waals surface area contributed by atoms with E-state index in [0.29, 0.717) is 18.0 Å². The summed E-state index contributed by atoms with van der Waals surface area (Å²) in [6.45, 7) is 1.19. The first kappa shape index (κ1) is 32.2. The SMILES string of the molecule is CC(NC(=O)c1ccc(CC(C(=O)Nc2ccc(-c3cc4ccccc4o3)cc2)c2ccc(C3CCCCC3)cc2)cc1)S(=O)(=O)O. The second-order valence-electron chi connectivity index (χ2n) is 12.3. The number of benzene rings is 4. The third-order valence-corrected chi connectivity index (χ3v) is 10.0. The first-order chi connectivity index (χ1) is 22.6. The van der Waals surface area contributed by atoms with Gasteiger partial charge in [0.2, 0.25) is 5.91 Å². The van der Waals surface area contributed by atoms with Crippen LogP contribution in [0.4, 0.5) is 5.69 Å². The predicted molar refractivity (Wildman–Crippen MR) is 184 cm³/mol. The zero-order valence-corrected chi connectivity index (χ0v) is 27.0. The van der Waals surface area contributed by atoms with Crippen molar-refractivity contribution in [2.75, 3.05) is 5.32 Å². The molecule has 4 aromatic carbocycles. The second-order valence-corrected chi connectivity index (χ2v) is 14.0. The van der Waals surface area contributed by atoms with Gasteiger partial charge >= 0.3 is 0 Å². The lowest BCUT2D eigenvalue weighted by molar-refractivity contribution is -0.117. The minimum atomic E-state index is -4.41. The highest BCUT2D eigenvalue weighted by atomic mass is 32.2. The molecule has 0 bridgehead atoms. The van der Waals surface area contributed by atoms with Crippen LogP contribution < -0.4 is 10.6 Å². The quantitative estimate of drug-likeness (QED) is 0.131. The number of anilines is 1. The monoisotopic (exact) mass is 650 g/mol. The molecule has 2 atom stereocenters. The van der Waals surface area contributed by atoms with E-state index in [1.165, 1.54) is 44.6 Å². The van der Waals surface area contributed by atoms with Crippen LogP contribution in [0.3, 0.4) is 0 Å². The van der Waals surface area contributed by atoms with Crippen molar-refractivity contribution in [2.45, 2.75) is 62.7 Å². The molecule has 2 unspecified atom stereocenters. The zero-order chi connectivity index (χ0) is 33.0. The third kappa shape index (κ3) is 7.81. The Balaban J connectivity index is 1.20. The minimum Gasteiger partial charge on any atom is -0.456 e. The Morgan fingerprint density at radius 1 is 0.872 bits per heavy atom. The van der Waals surface area contributed by atoms with E-state index in [0.717, 1.165) is 33.4 Å². The van der Waals surface area contributed by atoms with Gasteiger partial charge in [0.05, 0.1) is 5.92 Å². The van der Waals surface area contributed by atoms with Gasteiger partial charge in [0.15, 0.2) is 5.37 Å². The highest BCUT2D eigenvalue weighted by Gasteiger charge is 2.24. The van der Waals surface area contributed by atoms with E-state index in [2.05, 4.69) is 34.9 Å². The van der Waals surface area contributed by atoms with Crippen molar-refractivity contribution in [1.29, 1.82) is 0 Å². The molecule has 0 saturated heterocycles. The van der Waals surface area contributed by atoms with E-state index in [-0.39, 0.29) is 11.5 Å². The van der Waals surface area contributed by atoms with Crippen molar-refractivity contribution in [2.24, 2.45) is 0 Å². The van der Waals surface area contributed by atoms with Crippen LogP contribution in [0.2, 0.25) is 0 Å². The first-order valence-corrected chi connectivity index (χ1v) is 17.5. The van der Waals surface area contributed by atoms with Gasteiger partial charge in [-0.3, -0.25) is 14.1 Å². The number of rotatable bonds is 10. The van der Waals surface area contributed by atoms with Crippen LogP contribution in [0, 0.1) is 0 Å². The average Bonchev–Trinajstić information content (AvgIpc) is 3.52. The second kappa shape index (κ2) is 13.9. The number of hydrogen-bond acceptors (Lipinski definition) is 5. The molecule has 8 nitrogen and oxygen atoms in total. The molecule has 1 saturated carbocycles. The van der Waals surface area contributed by atoms with Crippen molar-refractivity contribution >= 4 is 38.6 Å². The van der Waals surface area contributed by atoms with E-state index in [1.54, 1.807) is 24.3 Å². The Morgan fingerprint density at radius 2 is 1.55 bits per heavy atom. The topological polar surface area (TPSA) is 126 Å². The molecule has 1 aliphatic carbocycles. The van der Waals surface area contributed by atoms with Crippen LogP contribution in [0.25, 0.3) is 22.3 Å². The lowest BCUT2D eigenvalue weighted by Gasteiger charge is -2.23. The molecular weight excluding hydrogens is 612 g/mol. The lowest BCUT2D eigenvalue weighted by atomic mass is 9.83. The molecule has 2 amide bonds. The molecule has 1 fully saturated rings. The summed E-state index contributed by atoms with van der Waals surface area (Å²) in [5, 5.41) is 4.96. The molecule has 0 spiro atoms. The van der Waals surface area contributed by atoms with Crippen molar-refractivity contribution < 1.29 is 27.0 Å². The van der Waals surface area contributed by atoms with Crippen LogP contribution in [0.1, 0.15) is 77.9 Å². The number of amides is 2. The van der Waals surface area contributed by atoms with Gasteiger partial charge in [0.25, 0.3) is 16.0 Å². The molecule has 1 aliphatic rings. The molecule has 0 aliphatic heterocycles. The third-order valence-electron chi connectivity index (χ3n) is 9.03. The van der Waals surface area contributed by atoms with Crippen LogP contribution in [0.5, 0.6) is 0 Å². The Kier molecular flexibility index (Phi) is 9.56. The van der Waals surface area contributed by atoms with Gasteiger partial charge in [-0.2, -0.15) is 8.42 Å². The van der Waals surface area contributed by atoms with E-state index in [4.69, 9.17) is 4.42 Å². The fraction of sp³-hybridized carbons (Fsp3) is 0.263. The van der Waals surface area contributed by atoms with E-state index in [9.17, 15) is 22.6 Å². The van der Waals surface area contributed by atoms with Crippen LogP contribution in [-0.4, -0.2) is 30.2 Å². The summed E-state index contributed by atoms with van der Waals surface area (Å²) in [6, 6.07) is 32.5. The maximum Gasteiger partial charge on any atom is 0.285 e. The normalized spacial score (nSPS) is 15.2. The maximum absolute atomic E-state index is 13.9. The van der Waals surface area contributed by atoms with Crippen LogP contribution in [-0.2, 0) is 21.3 Å². The summed E-state index contributed by atoms with van der Waals surface area (Å²) < 4.78 is 37.8. The van der Waals surface area contributed by atoms with Crippen LogP contribution in [0.15, 0.2) is 108 Å². The molecule has 9 heteroatoms. The predicted octanol–water partition coefficient (Wildman–Crippen LogP) is 8.08. The average molecular weight is 651 g/mol. The molecule has 0 radical (unpaired) electrons. The molecule has 5 aromatic rings. The van der Waals surface area contributed by atoms with Crippen molar-refractivity contribution in [1.82, 2.24) is 5.32 Å². The molecular formula is C38H38N2O6S. The number of fused-ring (bicyclic) bond motifs is 1. The summed E-state index contributed by atoms with van der Waals surface area (Å²) in [5.74, 6) is 0.0166. The standard InChI is InChI=1S/C38H38N2O6S/c1-25(47(43,44)45)39-37(41)31-13-11-26(12-14-31)23-34(29-17-15-28(16-18-29)27-7-3-2-4-8-27)38(42)40-33-21-19-30(20-22-33)36-24-32-9-5-6-10-35(32)46-36/h5-6,9-22,24-25,27,34H,2-4,7-8,23H2,1H3,(H,39,41)(H,40,42)(H,43,44,45). The molecule has 47 heavy (non-hydrogen) atoms. The highest BCUT2D eigenvalue weighted by Crippen LogP contribution is 2.34.